The van der Waals surface area contributed by atoms with Gasteiger partial charge in [-0.1, -0.05) is 0 Å². The van der Waals surface area contributed by atoms with Crippen LogP contribution < -0.4 is 5.01 Å². The van der Waals surface area contributed by atoms with Gasteiger partial charge in [-0.15, -0.1) is 5.10 Å². The Kier molecular flexibility index (Phi) is 2.14. The van der Waals surface area contributed by atoms with E-state index in [9.17, 15) is 4.79 Å². The van der Waals surface area contributed by atoms with Gasteiger partial charge in [0.15, 0.2) is 5.78 Å². The molecule has 0 bridgehead atoms. The first-order chi connectivity index (χ1) is 8.25. The van der Waals surface area contributed by atoms with Crippen LogP contribution in [0.3, 0.4) is 0 Å². The minimum atomic E-state index is 0.159. The summed E-state index contributed by atoms with van der Waals surface area (Å²) in [6.07, 6.45) is 3.80. The number of hydrogen-bond donors (Lipinski definition) is 0. The topological polar surface area (TPSA) is 63.9 Å². The monoisotopic (exact) mass is 229 g/mol. The van der Waals surface area contributed by atoms with Crippen LogP contribution in [0.25, 0.3) is 0 Å². The van der Waals surface area contributed by atoms with Crippen LogP contribution in [0.5, 0.6) is 0 Å². The first kappa shape index (κ1) is 9.95. The first-order valence-corrected chi connectivity index (χ1v) is 5.36. The summed E-state index contributed by atoms with van der Waals surface area (Å²) in [6.45, 7) is 2.17. The van der Waals surface area contributed by atoms with Crippen LogP contribution in [0.15, 0.2) is 24.5 Å². The van der Waals surface area contributed by atoms with E-state index >= 15 is 0 Å². The third kappa shape index (κ3) is 1.57. The molecule has 0 aromatic carbocycles. The number of pyridine rings is 1. The van der Waals surface area contributed by atoms with E-state index in [4.69, 9.17) is 0 Å². The maximum atomic E-state index is 11.7. The van der Waals surface area contributed by atoms with Crippen LogP contribution in [0, 0.1) is 6.92 Å². The largest absolute Gasteiger partial charge is 0.297 e. The van der Waals surface area contributed by atoms with Crippen LogP contribution in [-0.2, 0) is 11.2 Å². The highest BCUT2D eigenvalue weighted by molar-refractivity contribution is 5.86. The van der Waals surface area contributed by atoms with Gasteiger partial charge in [-0.3, -0.25) is 14.8 Å². The zero-order chi connectivity index (χ0) is 11.8. The Balaban J connectivity index is 2.10. The number of nitrogens with zero attached hydrogens (tertiary/aromatic N) is 5. The number of ketones is 1. The Bertz CT molecular complexity index is 562. The van der Waals surface area contributed by atoms with Gasteiger partial charge in [0.05, 0.1) is 29.7 Å². The number of aromatic nitrogens is 4. The molecule has 0 amide bonds. The second kappa shape index (κ2) is 3.65. The lowest BCUT2D eigenvalue weighted by Gasteiger charge is -2.28. The fourth-order valence-electron chi connectivity index (χ4n) is 1.94. The minimum absolute atomic E-state index is 0.159. The molecule has 0 N–H and O–H groups in total. The van der Waals surface area contributed by atoms with Crippen molar-refractivity contribution in [3.05, 3.63) is 35.9 Å². The predicted molar refractivity (Wildman–Crippen MR) is 60.5 cm³/mol. The Morgan fingerprint density at radius 1 is 1.41 bits per heavy atom. The molecule has 0 saturated carbocycles. The summed E-state index contributed by atoms with van der Waals surface area (Å²) in [6, 6.07) is 3.73. The Morgan fingerprint density at radius 3 is 3.06 bits per heavy atom. The normalized spacial score (nSPS) is 14.9. The van der Waals surface area contributed by atoms with Crippen LogP contribution in [0.1, 0.15) is 11.4 Å². The third-order valence-corrected chi connectivity index (χ3v) is 2.80. The number of rotatable bonds is 1. The fourth-order valence-corrected chi connectivity index (χ4v) is 1.94. The molecule has 6 nitrogen and oxygen atoms in total. The van der Waals surface area contributed by atoms with E-state index in [0.717, 1.165) is 17.1 Å². The molecule has 1 aliphatic heterocycles. The molecule has 6 heteroatoms. The lowest BCUT2D eigenvalue weighted by atomic mass is 10.1. The van der Waals surface area contributed by atoms with Gasteiger partial charge in [0.1, 0.15) is 6.54 Å². The number of carbonyl (C=O) groups is 1. The molecule has 0 atom stereocenters. The number of carbonyl (C=O) groups excluding carboxylic acids is 1. The zero-order valence-corrected chi connectivity index (χ0v) is 9.37. The van der Waals surface area contributed by atoms with E-state index in [1.165, 1.54) is 0 Å². The van der Waals surface area contributed by atoms with Gasteiger partial charge in [-0.25, -0.2) is 0 Å². The quantitative estimate of drug-likeness (QED) is 0.707. The number of Topliss-reactive ketones (excluding diaryl/α,β-unsaturated/α-hetero) is 1. The summed E-state index contributed by atoms with van der Waals surface area (Å²) in [5, 5.41) is 9.85. The van der Waals surface area contributed by atoms with Gasteiger partial charge in [-0.05, 0) is 24.3 Å². The molecule has 0 unspecified atom stereocenters. The van der Waals surface area contributed by atoms with Crippen LogP contribution >= 0.6 is 0 Å². The number of hydrogen-bond acceptors (Lipinski definition) is 5. The minimum Gasteiger partial charge on any atom is -0.297 e. The molecule has 0 saturated heterocycles. The van der Waals surface area contributed by atoms with Gasteiger partial charge in [0.2, 0.25) is 0 Å². The van der Waals surface area contributed by atoms with Crippen molar-refractivity contribution >= 4 is 11.5 Å². The average Bonchev–Trinajstić information content (AvgIpc) is 2.72. The second-order valence-corrected chi connectivity index (χ2v) is 4.00. The van der Waals surface area contributed by atoms with Crippen molar-refractivity contribution in [3.63, 3.8) is 0 Å². The summed E-state index contributed by atoms with van der Waals surface area (Å²) in [5.41, 5.74) is 2.49. The number of aryl methyl sites for hydroxylation is 1. The van der Waals surface area contributed by atoms with Crippen molar-refractivity contribution in [1.82, 2.24) is 20.1 Å². The third-order valence-electron chi connectivity index (χ3n) is 2.80. The summed E-state index contributed by atoms with van der Waals surface area (Å²) >= 11 is 0. The van der Waals surface area contributed by atoms with Crippen molar-refractivity contribution in [2.24, 2.45) is 0 Å². The van der Waals surface area contributed by atoms with Crippen molar-refractivity contribution in [1.29, 1.82) is 0 Å². The van der Waals surface area contributed by atoms with Gasteiger partial charge >= 0.3 is 0 Å². The predicted octanol–water partition coefficient (Wildman–Crippen LogP) is 0.376. The van der Waals surface area contributed by atoms with Crippen LogP contribution in [0.2, 0.25) is 0 Å². The first-order valence-electron chi connectivity index (χ1n) is 5.36. The van der Waals surface area contributed by atoms with E-state index in [-0.39, 0.29) is 5.78 Å². The number of fused-ring (bicyclic) bond motifs is 1. The van der Waals surface area contributed by atoms with Crippen molar-refractivity contribution in [2.75, 3.05) is 11.6 Å². The molecule has 0 radical (unpaired) electrons. The second-order valence-electron chi connectivity index (χ2n) is 4.00. The highest BCUT2D eigenvalue weighted by Crippen LogP contribution is 2.19. The fraction of sp³-hybridized carbons (Fsp3) is 0.273. The van der Waals surface area contributed by atoms with Crippen molar-refractivity contribution in [3.8, 4) is 0 Å². The number of anilines is 1. The average molecular weight is 229 g/mol. The molecular formula is C11H11N5O. The van der Waals surface area contributed by atoms with Gasteiger partial charge in [0, 0.05) is 6.20 Å². The Morgan fingerprint density at radius 2 is 2.29 bits per heavy atom. The summed E-state index contributed by atoms with van der Waals surface area (Å²) in [5.74, 6) is 0.159. The molecular weight excluding hydrogens is 218 g/mol. The lowest BCUT2D eigenvalue weighted by Crippen LogP contribution is -2.42. The SMILES string of the molecule is Cc1nnn2c1CC(=O)CN2c1cccnc1. The molecule has 17 heavy (non-hydrogen) atoms. The standard InChI is InChI=1S/C11H11N5O/c1-8-11-5-10(17)7-15(16(11)14-13-8)9-3-2-4-12-6-9/h2-4,6H,5,7H2,1H3. The van der Waals surface area contributed by atoms with E-state index in [0.29, 0.717) is 13.0 Å². The highest BCUT2D eigenvalue weighted by Gasteiger charge is 2.26. The molecule has 0 spiro atoms. The molecule has 0 fully saturated rings. The summed E-state index contributed by atoms with van der Waals surface area (Å²) in [4.78, 5) is 17.5. The molecule has 2 aromatic rings. The molecule has 0 aliphatic carbocycles. The maximum Gasteiger partial charge on any atom is 0.160 e. The van der Waals surface area contributed by atoms with Gasteiger partial charge in [0.25, 0.3) is 0 Å². The van der Waals surface area contributed by atoms with Crippen LogP contribution in [-0.4, -0.2) is 32.4 Å². The van der Waals surface area contributed by atoms with Crippen molar-refractivity contribution < 1.29 is 4.79 Å². The van der Waals surface area contributed by atoms with E-state index < -0.39 is 0 Å². The Labute approximate surface area is 97.8 Å². The molecule has 1 aliphatic rings. The van der Waals surface area contributed by atoms with E-state index in [1.807, 2.05) is 19.1 Å². The summed E-state index contributed by atoms with van der Waals surface area (Å²) in [7, 11) is 0. The van der Waals surface area contributed by atoms with E-state index in [1.54, 1.807) is 22.2 Å². The molecule has 2 aromatic heterocycles. The van der Waals surface area contributed by atoms with E-state index in [2.05, 4.69) is 15.3 Å². The molecule has 86 valence electrons. The smallest absolute Gasteiger partial charge is 0.160 e. The lowest BCUT2D eigenvalue weighted by molar-refractivity contribution is -0.118. The summed E-state index contributed by atoms with van der Waals surface area (Å²) < 4.78 is 0. The molecule has 3 rings (SSSR count). The zero-order valence-electron chi connectivity index (χ0n) is 9.37. The Hall–Kier alpha value is -2.24. The highest BCUT2D eigenvalue weighted by atomic mass is 16.1. The van der Waals surface area contributed by atoms with Crippen molar-refractivity contribution in [2.45, 2.75) is 13.3 Å². The molecule has 3 heterocycles. The van der Waals surface area contributed by atoms with Gasteiger partial charge in [-0.2, -0.15) is 4.79 Å². The maximum absolute atomic E-state index is 11.7. The van der Waals surface area contributed by atoms with Crippen LogP contribution in [0.4, 0.5) is 5.69 Å². The van der Waals surface area contributed by atoms with Gasteiger partial charge < -0.3 is 0 Å².